The molecule has 0 saturated heterocycles. The van der Waals surface area contributed by atoms with Crippen LogP contribution in [0.25, 0.3) is 10.9 Å². The smallest absolute Gasteiger partial charge is 0.260 e. The van der Waals surface area contributed by atoms with Gasteiger partial charge in [-0.05, 0) is 25.1 Å². The molecule has 1 aromatic carbocycles. The number of para-hydroxylation sites is 1. The van der Waals surface area contributed by atoms with E-state index in [0.29, 0.717) is 31.2 Å². The fourth-order valence-electron chi connectivity index (χ4n) is 3.02. The Bertz CT molecular complexity index is 948. The summed E-state index contributed by atoms with van der Waals surface area (Å²) in [5.74, 6) is 0.293. The number of amides is 1. The molecule has 1 atom stereocenters. The maximum atomic E-state index is 12.5. The van der Waals surface area contributed by atoms with Gasteiger partial charge in [-0.2, -0.15) is 5.10 Å². The molecule has 8 heteroatoms. The molecule has 1 aliphatic heterocycles. The molecule has 8 nitrogen and oxygen atoms in total. The van der Waals surface area contributed by atoms with Gasteiger partial charge in [-0.15, -0.1) is 0 Å². The maximum Gasteiger partial charge on any atom is 0.260 e. The number of aliphatic hydroxyl groups excluding tert-OH is 1. The quantitative estimate of drug-likeness (QED) is 0.760. The molecule has 0 bridgehead atoms. The fourth-order valence-corrected chi connectivity index (χ4v) is 3.02. The minimum absolute atomic E-state index is 0.0849. The third-order valence-electron chi connectivity index (χ3n) is 4.44. The summed E-state index contributed by atoms with van der Waals surface area (Å²) in [4.78, 5) is 22.6. The van der Waals surface area contributed by atoms with Gasteiger partial charge in [0.1, 0.15) is 6.33 Å². The van der Waals surface area contributed by atoms with Gasteiger partial charge < -0.3 is 14.7 Å². The lowest BCUT2D eigenvalue weighted by Crippen LogP contribution is -2.40. The largest absolute Gasteiger partial charge is 0.467 e. The first-order valence-electron chi connectivity index (χ1n) is 8.47. The highest BCUT2D eigenvalue weighted by atomic mass is 16.5. The first-order chi connectivity index (χ1) is 12.6. The van der Waals surface area contributed by atoms with Crippen LogP contribution in [0.5, 0.6) is 5.88 Å². The van der Waals surface area contributed by atoms with Gasteiger partial charge in [0.2, 0.25) is 5.88 Å². The second kappa shape index (κ2) is 6.72. The van der Waals surface area contributed by atoms with Crippen LogP contribution in [-0.4, -0.2) is 48.8 Å². The van der Waals surface area contributed by atoms with Gasteiger partial charge >= 0.3 is 0 Å². The number of nitrogens with zero attached hydrogens (tertiary/aromatic N) is 5. The Labute approximate surface area is 150 Å². The minimum Gasteiger partial charge on any atom is -0.467 e. The van der Waals surface area contributed by atoms with Crippen molar-refractivity contribution in [3.8, 4) is 5.88 Å². The second-order valence-electron chi connectivity index (χ2n) is 6.26. The summed E-state index contributed by atoms with van der Waals surface area (Å²) in [5.41, 5.74) is 2.31. The Hall–Kier alpha value is -3.00. The van der Waals surface area contributed by atoms with Gasteiger partial charge in [0.05, 0.1) is 41.5 Å². The summed E-state index contributed by atoms with van der Waals surface area (Å²) in [6, 6.07) is 9.35. The van der Waals surface area contributed by atoms with Crippen molar-refractivity contribution in [1.29, 1.82) is 0 Å². The predicted molar refractivity (Wildman–Crippen MR) is 93.3 cm³/mol. The predicted octanol–water partition coefficient (Wildman–Crippen LogP) is 1.30. The molecule has 1 unspecified atom stereocenters. The van der Waals surface area contributed by atoms with Crippen LogP contribution in [0.15, 0.2) is 36.7 Å². The van der Waals surface area contributed by atoms with E-state index in [1.165, 1.54) is 6.33 Å². The highest BCUT2D eigenvalue weighted by molar-refractivity contribution is 5.84. The molecular formula is C18H19N5O3. The molecule has 0 radical (unpaired) electrons. The SMILES string of the molecule is CC(O)c1cc2n(n1)CCN(C(=O)COc1ncnc3ccccc13)C2. The highest BCUT2D eigenvalue weighted by Gasteiger charge is 2.23. The van der Waals surface area contributed by atoms with E-state index in [4.69, 9.17) is 4.74 Å². The third kappa shape index (κ3) is 3.11. The molecule has 1 amide bonds. The molecule has 3 aromatic rings. The molecular weight excluding hydrogens is 334 g/mol. The van der Waals surface area contributed by atoms with E-state index in [-0.39, 0.29) is 12.5 Å². The Kier molecular flexibility index (Phi) is 4.26. The van der Waals surface area contributed by atoms with Crippen molar-refractivity contribution < 1.29 is 14.6 Å². The van der Waals surface area contributed by atoms with Gasteiger partial charge in [0.25, 0.3) is 5.91 Å². The number of fused-ring (bicyclic) bond motifs is 2. The van der Waals surface area contributed by atoms with E-state index in [2.05, 4.69) is 15.1 Å². The fraction of sp³-hybridized carbons (Fsp3) is 0.333. The van der Waals surface area contributed by atoms with Gasteiger partial charge in [-0.3, -0.25) is 9.48 Å². The monoisotopic (exact) mass is 353 g/mol. The standard InChI is InChI=1S/C18H19N5O3/c1-12(24)16-8-13-9-22(6-7-23(13)21-16)17(25)10-26-18-14-4-2-3-5-15(14)19-11-20-18/h2-5,8,11-12,24H,6-7,9-10H2,1H3. The minimum atomic E-state index is -0.619. The third-order valence-corrected chi connectivity index (χ3v) is 4.44. The summed E-state index contributed by atoms with van der Waals surface area (Å²) in [6.45, 7) is 3.20. The van der Waals surface area contributed by atoms with Gasteiger partial charge in [0.15, 0.2) is 6.61 Å². The van der Waals surface area contributed by atoms with Gasteiger partial charge in [0, 0.05) is 6.54 Å². The summed E-state index contributed by atoms with van der Waals surface area (Å²) in [6.07, 6.45) is 0.811. The molecule has 0 spiro atoms. The zero-order valence-corrected chi connectivity index (χ0v) is 14.4. The van der Waals surface area contributed by atoms with E-state index in [1.54, 1.807) is 11.8 Å². The topological polar surface area (TPSA) is 93.4 Å². The lowest BCUT2D eigenvalue weighted by Gasteiger charge is -2.27. The molecule has 0 aliphatic carbocycles. The first-order valence-corrected chi connectivity index (χ1v) is 8.47. The summed E-state index contributed by atoms with van der Waals surface area (Å²) in [7, 11) is 0. The Morgan fingerprint density at radius 1 is 1.31 bits per heavy atom. The molecule has 4 rings (SSSR count). The average Bonchev–Trinajstić information content (AvgIpc) is 3.09. The van der Waals surface area contributed by atoms with Crippen LogP contribution in [0.2, 0.25) is 0 Å². The van der Waals surface area contributed by atoms with E-state index >= 15 is 0 Å². The second-order valence-corrected chi connectivity index (χ2v) is 6.26. The lowest BCUT2D eigenvalue weighted by atomic mass is 10.2. The van der Waals surface area contributed by atoms with Crippen LogP contribution in [-0.2, 0) is 17.9 Å². The van der Waals surface area contributed by atoms with Gasteiger partial charge in [-0.1, -0.05) is 12.1 Å². The summed E-state index contributed by atoms with van der Waals surface area (Å²) < 4.78 is 7.50. The normalized spacial score (nSPS) is 14.9. The van der Waals surface area contributed by atoms with Crippen LogP contribution in [0, 0.1) is 0 Å². The zero-order valence-electron chi connectivity index (χ0n) is 14.4. The average molecular weight is 353 g/mol. The molecule has 2 aromatic heterocycles. The van der Waals surface area contributed by atoms with Crippen molar-refractivity contribution in [2.75, 3.05) is 13.2 Å². The Balaban J connectivity index is 1.44. The van der Waals surface area contributed by atoms with E-state index in [9.17, 15) is 9.90 Å². The maximum absolute atomic E-state index is 12.5. The number of carbonyl (C=O) groups is 1. The van der Waals surface area contributed by atoms with Crippen molar-refractivity contribution in [3.05, 3.63) is 48.0 Å². The van der Waals surface area contributed by atoms with Crippen LogP contribution in [0.1, 0.15) is 24.4 Å². The molecule has 0 saturated carbocycles. The van der Waals surface area contributed by atoms with Gasteiger partial charge in [-0.25, -0.2) is 9.97 Å². The van der Waals surface area contributed by atoms with Crippen LogP contribution >= 0.6 is 0 Å². The van der Waals surface area contributed by atoms with Crippen molar-refractivity contribution in [3.63, 3.8) is 0 Å². The Morgan fingerprint density at radius 2 is 2.15 bits per heavy atom. The van der Waals surface area contributed by atoms with E-state index < -0.39 is 6.10 Å². The van der Waals surface area contributed by atoms with Crippen LogP contribution in [0.3, 0.4) is 0 Å². The molecule has 0 fully saturated rings. The lowest BCUT2D eigenvalue weighted by molar-refractivity contribution is -0.134. The number of carbonyl (C=O) groups excluding carboxylic acids is 1. The zero-order chi connectivity index (χ0) is 18.1. The number of benzene rings is 1. The van der Waals surface area contributed by atoms with Crippen molar-refractivity contribution in [1.82, 2.24) is 24.6 Å². The molecule has 1 N–H and O–H groups in total. The van der Waals surface area contributed by atoms with Crippen molar-refractivity contribution in [2.24, 2.45) is 0 Å². The number of aliphatic hydroxyl groups is 1. The number of ether oxygens (including phenoxy) is 1. The first kappa shape index (κ1) is 16.5. The Morgan fingerprint density at radius 3 is 3.00 bits per heavy atom. The highest BCUT2D eigenvalue weighted by Crippen LogP contribution is 2.21. The summed E-state index contributed by atoms with van der Waals surface area (Å²) in [5, 5.41) is 14.8. The van der Waals surface area contributed by atoms with Crippen molar-refractivity contribution >= 4 is 16.8 Å². The van der Waals surface area contributed by atoms with Crippen LogP contribution in [0.4, 0.5) is 0 Å². The number of aromatic nitrogens is 4. The number of hydrogen-bond donors (Lipinski definition) is 1. The number of rotatable bonds is 4. The number of hydrogen-bond acceptors (Lipinski definition) is 6. The van der Waals surface area contributed by atoms with Crippen LogP contribution < -0.4 is 4.74 Å². The van der Waals surface area contributed by atoms with E-state index in [1.807, 2.05) is 35.0 Å². The molecule has 134 valence electrons. The molecule has 26 heavy (non-hydrogen) atoms. The van der Waals surface area contributed by atoms with Crippen molar-refractivity contribution in [2.45, 2.75) is 26.1 Å². The molecule has 3 heterocycles. The molecule has 1 aliphatic rings. The van der Waals surface area contributed by atoms with E-state index in [0.717, 1.165) is 16.6 Å². The summed E-state index contributed by atoms with van der Waals surface area (Å²) >= 11 is 0.